The fourth-order valence-corrected chi connectivity index (χ4v) is 3.45. The SMILES string of the molecule is CC(C)c1ccc(NC(=O)C2(O)CCN(C(=O)Nc3ccc(C(F)(F)F)cc3)CC2)cc1. The molecule has 0 spiro atoms. The van der Waals surface area contributed by atoms with E-state index in [0.717, 1.165) is 17.7 Å². The third-order valence-corrected chi connectivity index (χ3v) is 5.60. The van der Waals surface area contributed by atoms with Crippen LogP contribution in [0, 0.1) is 0 Å². The normalized spacial score (nSPS) is 16.0. The molecule has 9 heteroatoms. The second-order valence-corrected chi connectivity index (χ2v) is 8.25. The highest BCUT2D eigenvalue weighted by atomic mass is 19.4. The van der Waals surface area contributed by atoms with Gasteiger partial charge in [0.25, 0.3) is 5.91 Å². The van der Waals surface area contributed by atoms with Gasteiger partial charge in [0.2, 0.25) is 0 Å². The number of hydrogen-bond donors (Lipinski definition) is 3. The monoisotopic (exact) mass is 449 g/mol. The fourth-order valence-electron chi connectivity index (χ4n) is 3.45. The zero-order valence-corrected chi connectivity index (χ0v) is 17.9. The van der Waals surface area contributed by atoms with Gasteiger partial charge in [0.05, 0.1) is 5.56 Å². The molecular formula is C23H26F3N3O3. The predicted molar refractivity (Wildman–Crippen MR) is 115 cm³/mol. The van der Waals surface area contributed by atoms with E-state index in [0.29, 0.717) is 11.6 Å². The first-order valence-corrected chi connectivity index (χ1v) is 10.3. The Labute approximate surface area is 184 Å². The minimum absolute atomic E-state index is 0.0450. The number of carbonyl (C=O) groups excluding carboxylic acids is 2. The lowest BCUT2D eigenvalue weighted by Gasteiger charge is -2.37. The summed E-state index contributed by atoms with van der Waals surface area (Å²) >= 11 is 0. The molecule has 0 saturated carbocycles. The van der Waals surface area contributed by atoms with Gasteiger partial charge in [0.15, 0.2) is 0 Å². The summed E-state index contributed by atoms with van der Waals surface area (Å²) in [5.41, 5.74) is -0.471. The lowest BCUT2D eigenvalue weighted by atomic mass is 9.90. The van der Waals surface area contributed by atoms with Gasteiger partial charge in [-0.25, -0.2) is 4.79 Å². The number of benzene rings is 2. The van der Waals surface area contributed by atoms with Crippen LogP contribution in [-0.4, -0.2) is 40.6 Å². The largest absolute Gasteiger partial charge is 0.416 e. The van der Waals surface area contributed by atoms with Gasteiger partial charge in [-0.2, -0.15) is 13.2 Å². The molecule has 3 rings (SSSR count). The number of nitrogens with one attached hydrogen (secondary N) is 2. The molecule has 2 aromatic carbocycles. The fraction of sp³-hybridized carbons (Fsp3) is 0.391. The van der Waals surface area contributed by atoms with Gasteiger partial charge < -0.3 is 20.6 Å². The molecule has 1 heterocycles. The summed E-state index contributed by atoms with van der Waals surface area (Å²) < 4.78 is 37.9. The number of urea groups is 1. The molecule has 3 amide bonds. The van der Waals surface area contributed by atoms with Crippen LogP contribution < -0.4 is 10.6 Å². The van der Waals surface area contributed by atoms with Crippen LogP contribution in [0.5, 0.6) is 0 Å². The molecule has 1 saturated heterocycles. The van der Waals surface area contributed by atoms with Crippen molar-refractivity contribution in [1.29, 1.82) is 0 Å². The third-order valence-electron chi connectivity index (χ3n) is 5.60. The average Bonchev–Trinajstić information content (AvgIpc) is 2.74. The molecule has 1 aliphatic rings. The van der Waals surface area contributed by atoms with Crippen molar-refractivity contribution in [3.63, 3.8) is 0 Å². The number of alkyl halides is 3. The lowest BCUT2D eigenvalue weighted by molar-refractivity contribution is -0.138. The molecule has 32 heavy (non-hydrogen) atoms. The van der Waals surface area contributed by atoms with Crippen LogP contribution in [0.25, 0.3) is 0 Å². The molecular weight excluding hydrogens is 423 g/mol. The summed E-state index contributed by atoms with van der Waals surface area (Å²) in [6, 6.07) is 11.0. The number of nitrogens with zero attached hydrogens (tertiary/aromatic N) is 1. The topological polar surface area (TPSA) is 81.7 Å². The van der Waals surface area contributed by atoms with Crippen molar-refractivity contribution < 1.29 is 27.9 Å². The van der Waals surface area contributed by atoms with Crippen molar-refractivity contribution in [3.8, 4) is 0 Å². The van der Waals surface area contributed by atoms with Crippen LogP contribution >= 0.6 is 0 Å². The lowest BCUT2D eigenvalue weighted by Crippen LogP contribution is -2.53. The van der Waals surface area contributed by atoms with Gasteiger partial charge in [-0.1, -0.05) is 26.0 Å². The highest BCUT2D eigenvalue weighted by Gasteiger charge is 2.40. The molecule has 0 aromatic heterocycles. The maximum Gasteiger partial charge on any atom is 0.416 e. The summed E-state index contributed by atoms with van der Waals surface area (Å²) in [4.78, 5) is 26.4. The second kappa shape index (κ2) is 9.20. The first-order chi connectivity index (χ1) is 15.0. The van der Waals surface area contributed by atoms with E-state index < -0.39 is 29.3 Å². The number of halogens is 3. The Morgan fingerprint density at radius 2 is 1.44 bits per heavy atom. The Bertz CT molecular complexity index is 949. The molecule has 0 bridgehead atoms. The summed E-state index contributed by atoms with van der Waals surface area (Å²) in [7, 11) is 0. The summed E-state index contributed by atoms with van der Waals surface area (Å²) in [5, 5.41) is 16.0. The minimum Gasteiger partial charge on any atom is -0.380 e. The Kier molecular flexibility index (Phi) is 6.78. The van der Waals surface area contributed by atoms with Crippen LogP contribution in [0.4, 0.5) is 29.3 Å². The number of amides is 3. The number of carbonyl (C=O) groups is 2. The first kappa shape index (κ1) is 23.6. The van der Waals surface area contributed by atoms with E-state index in [9.17, 15) is 27.9 Å². The first-order valence-electron chi connectivity index (χ1n) is 10.3. The van der Waals surface area contributed by atoms with Crippen LogP contribution in [0.3, 0.4) is 0 Å². The molecule has 0 aliphatic carbocycles. The quantitative estimate of drug-likeness (QED) is 0.626. The number of rotatable bonds is 4. The zero-order chi connectivity index (χ0) is 23.5. The Morgan fingerprint density at radius 1 is 0.938 bits per heavy atom. The zero-order valence-electron chi connectivity index (χ0n) is 17.9. The minimum atomic E-state index is -4.45. The highest BCUT2D eigenvalue weighted by Crippen LogP contribution is 2.30. The maximum absolute atomic E-state index is 12.6. The van der Waals surface area contributed by atoms with Crippen LogP contribution in [0.15, 0.2) is 48.5 Å². The molecule has 172 valence electrons. The number of anilines is 2. The molecule has 0 atom stereocenters. The van der Waals surface area contributed by atoms with Crippen molar-refractivity contribution in [1.82, 2.24) is 4.90 Å². The summed E-state index contributed by atoms with van der Waals surface area (Å²) in [6.45, 7) is 4.39. The van der Waals surface area contributed by atoms with E-state index in [1.165, 1.54) is 17.0 Å². The van der Waals surface area contributed by atoms with E-state index in [1.54, 1.807) is 12.1 Å². The van der Waals surface area contributed by atoms with Crippen molar-refractivity contribution in [3.05, 3.63) is 59.7 Å². The number of aliphatic hydroxyl groups is 1. The van der Waals surface area contributed by atoms with Crippen molar-refractivity contribution in [2.75, 3.05) is 23.7 Å². The highest BCUT2D eigenvalue weighted by molar-refractivity contribution is 5.97. The Morgan fingerprint density at radius 3 is 1.94 bits per heavy atom. The van der Waals surface area contributed by atoms with Gasteiger partial charge in [0, 0.05) is 37.3 Å². The molecule has 6 nitrogen and oxygen atoms in total. The summed E-state index contributed by atoms with van der Waals surface area (Å²) in [6.07, 6.45) is -4.36. The number of hydrogen-bond acceptors (Lipinski definition) is 3. The van der Waals surface area contributed by atoms with E-state index in [-0.39, 0.29) is 31.6 Å². The van der Waals surface area contributed by atoms with Crippen molar-refractivity contribution in [2.24, 2.45) is 0 Å². The van der Waals surface area contributed by atoms with E-state index in [1.807, 2.05) is 12.1 Å². The van der Waals surface area contributed by atoms with Gasteiger partial charge in [-0.15, -0.1) is 0 Å². The number of piperidine rings is 1. The van der Waals surface area contributed by atoms with Gasteiger partial charge in [-0.05, 0) is 47.9 Å². The molecule has 1 aliphatic heterocycles. The number of likely N-dealkylation sites (tertiary alicyclic amines) is 1. The standard InChI is InChI=1S/C23H26F3N3O3/c1-15(2)16-3-7-18(8-4-16)27-20(30)22(32)11-13-29(14-12-22)21(31)28-19-9-5-17(6-10-19)23(24,25)26/h3-10,15,32H,11-14H2,1-2H3,(H,27,30)(H,28,31). The maximum atomic E-state index is 12.6. The predicted octanol–water partition coefficient (Wildman–Crippen LogP) is 4.83. The van der Waals surface area contributed by atoms with Crippen molar-refractivity contribution >= 4 is 23.3 Å². The van der Waals surface area contributed by atoms with E-state index in [2.05, 4.69) is 24.5 Å². The van der Waals surface area contributed by atoms with Gasteiger partial charge >= 0.3 is 12.2 Å². The Balaban J connectivity index is 1.53. The summed E-state index contributed by atoms with van der Waals surface area (Å²) in [5.74, 6) is -0.167. The van der Waals surface area contributed by atoms with Gasteiger partial charge in [-0.3, -0.25) is 4.79 Å². The molecule has 3 N–H and O–H groups in total. The second-order valence-electron chi connectivity index (χ2n) is 8.25. The van der Waals surface area contributed by atoms with Crippen LogP contribution in [0.1, 0.15) is 43.7 Å². The Hall–Kier alpha value is -3.07. The third kappa shape index (κ3) is 5.59. The smallest absolute Gasteiger partial charge is 0.380 e. The van der Waals surface area contributed by atoms with E-state index in [4.69, 9.17) is 0 Å². The molecule has 2 aromatic rings. The van der Waals surface area contributed by atoms with Gasteiger partial charge in [0.1, 0.15) is 5.60 Å². The molecule has 1 fully saturated rings. The average molecular weight is 449 g/mol. The van der Waals surface area contributed by atoms with Crippen LogP contribution in [-0.2, 0) is 11.0 Å². The van der Waals surface area contributed by atoms with E-state index >= 15 is 0 Å². The molecule has 0 unspecified atom stereocenters. The molecule has 0 radical (unpaired) electrons. The van der Waals surface area contributed by atoms with Crippen LogP contribution in [0.2, 0.25) is 0 Å². The van der Waals surface area contributed by atoms with Crippen molar-refractivity contribution in [2.45, 2.75) is 44.4 Å².